The van der Waals surface area contributed by atoms with E-state index >= 15 is 0 Å². The third kappa shape index (κ3) is 3.03. The Labute approximate surface area is 148 Å². The van der Waals surface area contributed by atoms with E-state index in [0.717, 1.165) is 5.56 Å². The summed E-state index contributed by atoms with van der Waals surface area (Å²) in [5.41, 5.74) is 2.84. The number of nitrogens with zero attached hydrogens (tertiary/aromatic N) is 1. The van der Waals surface area contributed by atoms with Crippen LogP contribution in [0, 0.1) is 11.7 Å². The molecule has 0 saturated carbocycles. The molecule has 1 aliphatic rings. The summed E-state index contributed by atoms with van der Waals surface area (Å²) in [6.45, 7) is 0. The molecule has 4 rings (SSSR count). The largest absolute Gasteiger partial charge is 0.443 e. The number of hydrogen-bond donors (Lipinski definition) is 1. The molecule has 1 aliphatic carbocycles. The number of hydrogen-bond acceptors (Lipinski definition) is 3. The van der Waals surface area contributed by atoms with Crippen molar-refractivity contribution in [2.75, 3.05) is 5.32 Å². The fraction of sp³-hybridized carbons (Fsp3) is 0.158. The van der Waals surface area contributed by atoms with E-state index in [-0.39, 0.29) is 17.6 Å². The number of amides is 1. The first-order valence-electron chi connectivity index (χ1n) is 7.87. The first kappa shape index (κ1) is 15.8. The van der Waals surface area contributed by atoms with Gasteiger partial charge in [0.05, 0.1) is 11.2 Å². The van der Waals surface area contributed by atoms with Crippen LogP contribution in [0.1, 0.15) is 11.1 Å². The van der Waals surface area contributed by atoms with Gasteiger partial charge in [0, 0.05) is 17.2 Å². The van der Waals surface area contributed by atoms with Crippen molar-refractivity contribution in [1.29, 1.82) is 0 Å². The molecular weight excluding hydrogens is 343 g/mol. The van der Waals surface area contributed by atoms with Gasteiger partial charge in [-0.1, -0.05) is 23.7 Å². The molecule has 1 heterocycles. The van der Waals surface area contributed by atoms with Crippen molar-refractivity contribution in [1.82, 2.24) is 4.98 Å². The zero-order valence-corrected chi connectivity index (χ0v) is 13.9. The van der Waals surface area contributed by atoms with Gasteiger partial charge in [-0.3, -0.25) is 4.79 Å². The van der Waals surface area contributed by atoms with E-state index in [1.54, 1.807) is 30.5 Å². The molecule has 1 unspecified atom stereocenters. The summed E-state index contributed by atoms with van der Waals surface area (Å²) >= 11 is 6.27. The van der Waals surface area contributed by atoms with Crippen LogP contribution in [0.25, 0.3) is 11.3 Å². The maximum absolute atomic E-state index is 13.8. The second-order valence-corrected chi connectivity index (χ2v) is 6.44. The third-order valence-corrected chi connectivity index (χ3v) is 4.75. The normalized spacial score (nSPS) is 15.8. The van der Waals surface area contributed by atoms with Gasteiger partial charge in [-0.2, -0.15) is 0 Å². The smallest absolute Gasteiger partial charge is 0.228 e. The summed E-state index contributed by atoms with van der Waals surface area (Å²) in [6.07, 6.45) is 3.86. The van der Waals surface area contributed by atoms with Crippen LogP contribution < -0.4 is 5.32 Å². The van der Waals surface area contributed by atoms with E-state index in [1.807, 2.05) is 6.07 Å². The number of halogens is 2. The Bertz CT molecular complexity index is 941. The first-order valence-corrected chi connectivity index (χ1v) is 8.25. The van der Waals surface area contributed by atoms with E-state index in [9.17, 15) is 9.18 Å². The minimum absolute atomic E-state index is 0.140. The van der Waals surface area contributed by atoms with Gasteiger partial charge in [0.15, 0.2) is 12.2 Å². The Morgan fingerprint density at radius 3 is 2.88 bits per heavy atom. The lowest BCUT2D eigenvalue weighted by Gasteiger charge is -2.11. The van der Waals surface area contributed by atoms with Crippen molar-refractivity contribution >= 4 is 23.2 Å². The van der Waals surface area contributed by atoms with Crippen LogP contribution in [-0.4, -0.2) is 10.9 Å². The fourth-order valence-electron chi connectivity index (χ4n) is 3.18. The highest BCUT2D eigenvalue weighted by Crippen LogP contribution is 2.32. The summed E-state index contributed by atoms with van der Waals surface area (Å²) in [5.74, 6) is -0.101. The van der Waals surface area contributed by atoms with E-state index in [2.05, 4.69) is 10.3 Å². The Balaban J connectivity index is 1.49. The Hall–Kier alpha value is -2.66. The molecule has 0 radical (unpaired) electrons. The Morgan fingerprint density at radius 1 is 1.28 bits per heavy atom. The van der Waals surface area contributed by atoms with Crippen molar-refractivity contribution in [2.24, 2.45) is 5.92 Å². The maximum atomic E-state index is 13.8. The van der Waals surface area contributed by atoms with E-state index < -0.39 is 0 Å². The van der Waals surface area contributed by atoms with E-state index in [4.69, 9.17) is 16.0 Å². The number of anilines is 1. The number of oxazole rings is 1. The van der Waals surface area contributed by atoms with Crippen LogP contribution >= 0.6 is 11.6 Å². The Kier molecular flexibility index (Phi) is 4.01. The molecule has 4 nitrogen and oxygen atoms in total. The molecule has 0 bridgehead atoms. The molecule has 1 amide bonds. The molecule has 1 N–H and O–H groups in total. The summed E-state index contributed by atoms with van der Waals surface area (Å²) in [5, 5.41) is 3.31. The van der Waals surface area contributed by atoms with Crippen LogP contribution in [0.15, 0.2) is 53.4 Å². The van der Waals surface area contributed by atoms with Crippen molar-refractivity contribution in [3.05, 3.63) is 71.0 Å². The lowest BCUT2D eigenvalue weighted by Crippen LogP contribution is -2.23. The van der Waals surface area contributed by atoms with Crippen molar-refractivity contribution in [3.8, 4) is 11.3 Å². The Morgan fingerprint density at radius 2 is 2.16 bits per heavy atom. The number of carbonyl (C=O) groups is 1. The summed E-state index contributed by atoms with van der Waals surface area (Å²) in [6, 6.07) is 10.2. The molecule has 2 aromatic carbocycles. The molecule has 0 spiro atoms. The number of carbonyl (C=O) groups excluding carboxylic acids is 1. The van der Waals surface area contributed by atoms with Gasteiger partial charge in [0.25, 0.3) is 0 Å². The average Bonchev–Trinajstić information content (AvgIpc) is 3.25. The highest BCUT2D eigenvalue weighted by molar-refractivity contribution is 6.33. The summed E-state index contributed by atoms with van der Waals surface area (Å²) in [4.78, 5) is 16.4. The minimum atomic E-state index is -0.278. The number of aromatic nitrogens is 1. The van der Waals surface area contributed by atoms with Gasteiger partial charge in [0.1, 0.15) is 5.82 Å². The standard InChI is InChI=1S/C19H14ClFN2O2/c20-16-8-13(4-5-14(16)18-9-22-10-25-18)23-19(24)12-6-11-2-1-3-17(21)15(11)7-12/h1-5,8-10,12H,6-7H2,(H,23,24). The molecule has 126 valence electrons. The second-order valence-electron chi connectivity index (χ2n) is 6.03. The van der Waals surface area contributed by atoms with Gasteiger partial charge in [-0.05, 0) is 48.2 Å². The zero-order chi connectivity index (χ0) is 17.4. The SMILES string of the molecule is O=C(Nc1ccc(-c2cnco2)c(Cl)c1)C1Cc2cccc(F)c2C1. The third-order valence-electron chi connectivity index (χ3n) is 4.44. The second kappa shape index (κ2) is 6.33. The van der Waals surface area contributed by atoms with E-state index in [1.165, 1.54) is 12.5 Å². The van der Waals surface area contributed by atoms with Gasteiger partial charge < -0.3 is 9.73 Å². The zero-order valence-electron chi connectivity index (χ0n) is 13.1. The van der Waals surface area contributed by atoms with Crippen LogP contribution in [0.4, 0.5) is 10.1 Å². The lowest BCUT2D eigenvalue weighted by molar-refractivity contribution is -0.119. The van der Waals surface area contributed by atoms with Crippen LogP contribution in [0.2, 0.25) is 5.02 Å². The molecule has 25 heavy (non-hydrogen) atoms. The van der Waals surface area contributed by atoms with Crippen molar-refractivity contribution in [3.63, 3.8) is 0 Å². The predicted molar refractivity (Wildman–Crippen MR) is 92.9 cm³/mol. The van der Waals surface area contributed by atoms with Crippen molar-refractivity contribution < 1.29 is 13.6 Å². The predicted octanol–water partition coefficient (Wildman–Crippen LogP) is 4.49. The topological polar surface area (TPSA) is 55.1 Å². The highest BCUT2D eigenvalue weighted by Gasteiger charge is 2.29. The molecule has 0 fully saturated rings. The summed E-state index contributed by atoms with van der Waals surface area (Å²) in [7, 11) is 0. The summed E-state index contributed by atoms with van der Waals surface area (Å²) < 4.78 is 19.1. The molecule has 0 saturated heterocycles. The van der Waals surface area contributed by atoms with Gasteiger partial charge >= 0.3 is 0 Å². The number of fused-ring (bicyclic) bond motifs is 1. The molecule has 3 aromatic rings. The quantitative estimate of drug-likeness (QED) is 0.752. The van der Waals surface area contributed by atoms with Crippen LogP contribution in [0.3, 0.4) is 0 Å². The monoisotopic (exact) mass is 356 g/mol. The van der Waals surface area contributed by atoms with Gasteiger partial charge in [-0.15, -0.1) is 0 Å². The number of benzene rings is 2. The minimum Gasteiger partial charge on any atom is -0.443 e. The fourth-order valence-corrected chi connectivity index (χ4v) is 3.45. The molecule has 1 atom stereocenters. The first-order chi connectivity index (χ1) is 12.1. The van der Waals surface area contributed by atoms with Gasteiger partial charge in [-0.25, -0.2) is 9.37 Å². The van der Waals surface area contributed by atoms with Gasteiger partial charge in [0.2, 0.25) is 5.91 Å². The molecule has 6 heteroatoms. The molecule has 0 aliphatic heterocycles. The number of rotatable bonds is 3. The lowest BCUT2D eigenvalue weighted by atomic mass is 10.1. The van der Waals surface area contributed by atoms with Crippen LogP contribution in [0.5, 0.6) is 0 Å². The average molecular weight is 357 g/mol. The van der Waals surface area contributed by atoms with Crippen LogP contribution in [-0.2, 0) is 17.6 Å². The van der Waals surface area contributed by atoms with E-state index in [0.29, 0.717) is 40.4 Å². The molecule has 1 aromatic heterocycles. The highest BCUT2D eigenvalue weighted by atomic mass is 35.5. The van der Waals surface area contributed by atoms with Crippen molar-refractivity contribution in [2.45, 2.75) is 12.8 Å². The maximum Gasteiger partial charge on any atom is 0.228 e. The molecular formula is C19H14ClFN2O2. The number of nitrogens with one attached hydrogen (secondary N) is 1.